The lowest BCUT2D eigenvalue weighted by molar-refractivity contribution is 0.149. The highest BCUT2D eigenvalue weighted by molar-refractivity contribution is 5.09. The lowest BCUT2D eigenvalue weighted by Gasteiger charge is -2.34. The van der Waals surface area contributed by atoms with E-state index in [9.17, 15) is 0 Å². The molecule has 0 N–H and O–H groups in total. The van der Waals surface area contributed by atoms with E-state index in [4.69, 9.17) is 0 Å². The highest BCUT2D eigenvalue weighted by Crippen LogP contribution is 2.33. The maximum atomic E-state index is 4.57. The van der Waals surface area contributed by atoms with E-state index in [2.05, 4.69) is 34.7 Å². The minimum atomic E-state index is 0.593. The van der Waals surface area contributed by atoms with Gasteiger partial charge in [-0.25, -0.2) is 0 Å². The smallest absolute Gasteiger partial charge is 0.0546 e. The molecule has 0 aliphatic carbocycles. The average Bonchev–Trinajstić information content (AvgIpc) is 2.97. The minimum Gasteiger partial charge on any atom is -0.300 e. The summed E-state index contributed by atoms with van der Waals surface area (Å²) < 4.78 is 2.23. The van der Waals surface area contributed by atoms with Gasteiger partial charge < -0.3 is 4.90 Å². The number of hydrogen-bond donors (Lipinski definition) is 0. The van der Waals surface area contributed by atoms with Crippen molar-refractivity contribution in [2.45, 2.75) is 57.5 Å². The Morgan fingerprint density at radius 2 is 2.12 bits per heavy atom. The van der Waals surface area contributed by atoms with E-state index in [-0.39, 0.29) is 0 Å². The van der Waals surface area contributed by atoms with Crippen LogP contribution in [0.25, 0.3) is 0 Å². The monoisotopic (exact) mass is 233 g/mol. The number of nitrogens with zero attached hydrogens (tertiary/aromatic N) is 3. The Balaban J connectivity index is 1.71. The van der Waals surface area contributed by atoms with Gasteiger partial charge in [0.25, 0.3) is 0 Å². The molecule has 2 atom stereocenters. The van der Waals surface area contributed by atoms with E-state index in [1.54, 1.807) is 0 Å². The predicted octanol–water partition coefficient (Wildman–Crippen LogP) is 2.81. The first-order chi connectivity index (χ1) is 8.24. The Morgan fingerprint density at radius 3 is 2.88 bits per heavy atom. The predicted molar refractivity (Wildman–Crippen MR) is 69.2 cm³/mol. The zero-order valence-electron chi connectivity index (χ0n) is 11.0. The maximum Gasteiger partial charge on any atom is 0.0546 e. The van der Waals surface area contributed by atoms with E-state index in [1.807, 2.05) is 6.20 Å². The van der Waals surface area contributed by atoms with Crippen molar-refractivity contribution in [3.8, 4) is 0 Å². The third-order valence-electron chi connectivity index (χ3n) is 4.46. The molecule has 2 aliphatic heterocycles. The van der Waals surface area contributed by atoms with Gasteiger partial charge in [0.1, 0.15) is 0 Å². The zero-order chi connectivity index (χ0) is 11.8. The summed E-state index contributed by atoms with van der Waals surface area (Å²) in [6.45, 7) is 7.07. The van der Waals surface area contributed by atoms with Gasteiger partial charge >= 0.3 is 0 Å². The third-order valence-corrected chi connectivity index (χ3v) is 4.46. The van der Waals surface area contributed by atoms with Crippen LogP contribution in [0.4, 0.5) is 0 Å². The van der Waals surface area contributed by atoms with Crippen LogP contribution in [0.5, 0.6) is 0 Å². The van der Waals surface area contributed by atoms with Gasteiger partial charge in [-0.2, -0.15) is 5.10 Å². The fourth-order valence-electron chi connectivity index (χ4n) is 3.29. The van der Waals surface area contributed by atoms with Gasteiger partial charge in [-0.05, 0) is 43.7 Å². The van der Waals surface area contributed by atoms with Crippen LogP contribution in [0.15, 0.2) is 12.4 Å². The first-order valence-corrected chi connectivity index (χ1v) is 7.02. The summed E-state index contributed by atoms with van der Waals surface area (Å²) in [5.41, 5.74) is 1.37. The summed E-state index contributed by atoms with van der Waals surface area (Å²) in [5.74, 6) is 0.593. The molecule has 0 spiro atoms. The van der Waals surface area contributed by atoms with E-state index < -0.39 is 0 Å². The number of hydrogen-bond acceptors (Lipinski definition) is 2. The van der Waals surface area contributed by atoms with Crippen molar-refractivity contribution in [2.75, 3.05) is 13.1 Å². The molecule has 0 saturated carbocycles. The molecule has 2 saturated heterocycles. The second-order valence-corrected chi connectivity index (χ2v) is 5.92. The summed E-state index contributed by atoms with van der Waals surface area (Å²) >= 11 is 0. The molecule has 0 amide bonds. The topological polar surface area (TPSA) is 21.1 Å². The van der Waals surface area contributed by atoms with Gasteiger partial charge in [0.05, 0.1) is 12.2 Å². The number of rotatable bonds is 2. The molecular weight excluding hydrogens is 210 g/mol. The van der Waals surface area contributed by atoms with Crippen LogP contribution in [0, 0.1) is 0 Å². The van der Waals surface area contributed by atoms with Crippen molar-refractivity contribution in [3.63, 3.8) is 0 Å². The van der Waals surface area contributed by atoms with E-state index in [0.29, 0.717) is 12.0 Å². The molecule has 3 heteroatoms. The second kappa shape index (κ2) is 4.45. The molecule has 3 heterocycles. The summed E-state index contributed by atoms with van der Waals surface area (Å²) in [4.78, 5) is 2.67. The minimum absolute atomic E-state index is 0.593. The Hall–Kier alpha value is -0.830. The summed E-state index contributed by atoms with van der Waals surface area (Å²) in [6, 6.07) is 1.47. The van der Waals surface area contributed by atoms with Crippen LogP contribution in [0.2, 0.25) is 0 Å². The summed E-state index contributed by atoms with van der Waals surface area (Å²) in [5, 5.41) is 4.57. The molecule has 17 heavy (non-hydrogen) atoms. The van der Waals surface area contributed by atoms with Crippen LogP contribution < -0.4 is 0 Å². The van der Waals surface area contributed by atoms with Gasteiger partial charge in [-0.3, -0.25) is 4.68 Å². The molecule has 2 aliphatic rings. The van der Waals surface area contributed by atoms with Gasteiger partial charge in [0, 0.05) is 18.8 Å². The van der Waals surface area contributed by atoms with Crippen molar-refractivity contribution >= 4 is 0 Å². The fourth-order valence-corrected chi connectivity index (χ4v) is 3.29. The first-order valence-electron chi connectivity index (χ1n) is 7.02. The number of fused-ring (bicyclic) bond motifs is 1. The molecule has 2 fully saturated rings. The van der Waals surface area contributed by atoms with Gasteiger partial charge in [0.15, 0.2) is 0 Å². The van der Waals surface area contributed by atoms with Crippen LogP contribution in [-0.2, 0) is 0 Å². The number of aromatic nitrogens is 2. The van der Waals surface area contributed by atoms with Crippen molar-refractivity contribution in [1.29, 1.82) is 0 Å². The van der Waals surface area contributed by atoms with Crippen molar-refractivity contribution in [2.24, 2.45) is 0 Å². The Kier molecular flexibility index (Phi) is 2.95. The molecule has 3 rings (SSSR count). The lowest BCUT2D eigenvalue weighted by Crippen LogP contribution is -2.38. The van der Waals surface area contributed by atoms with Crippen LogP contribution in [0.3, 0.4) is 0 Å². The molecule has 1 aromatic rings. The van der Waals surface area contributed by atoms with E-state index >= 15 is 0 Å². The second-order valence-electron chi connectivity index (χ2n) is 5.92. The van der Waals surface area contributed by atoms with Crippen molar-refractivity contribution in [1.82, 2.24) is 14.7 Å². The normalized spacial score (nSPS) is 29.8. The average molecular weight is 233 g/mol. The van der Waals surface area contributed by atoms with Crippen LogP contribution in [-0.4, -0.2) is 33.8 Å². The van der Waals surface area contributed by atoms with Crippen molar-refractivity contribution in [3.05, 3.63) is 18.0 Å². The Morgan fingerprint density at radius 1 is 1.24 bits per heavy atom. The molecule has 0 radical (unpaired) electrons. The first kappa shape index (κ1) is 11.3. The molecule has 0 aromatic carbocycles. The molecule has 0 bridgehead atoms. The highest BCUT2D eigenvalue weighted by atomic mass is 15.3. The highest BCUT2D eigenvalue weighted by Gasteiger charge is 2.32. The van der Waals surface area contributed by atoms with Crippen molar-refractivity contribution < 1.29 is 0 Å². The molecule has 94 valence electrons. The number of piperidine rings is 1. The van der Waals surface area contributed by atoms with Crippen LogP contribution in [0.1, 0.15) is 57.1 Å². The maximum absolute atomic E-state index is 4.57. The summed E-state index contributed by atoms with van der Waals surface area (Å²) in [7, 11) is 0. The zero-order valence-corrected chi connectivity index (χ0v) is 11.0. The Labute approximate surface area is 104 Å². The third kappa shape index (κ3) is 2.13. The standard InChI is InChI=1S/C14H23N3/c1-11(2)12-9-15-17(10-12)14-5-7-16-6-3-4-13(16)8-14/h9-11,13-14H,3-8H2,1-2H3. The van der Waals surface area contributed by atoms with Crippen LogP contribution >= 0.6 is 0 Å². The molecule has 3 nitrogen and oxygen atoms in total. The fraction of sp³-hybridized carbons (Fsp3) is 0.786. The van der Waals surface area contributed by atoms with E-state index in [0.717, 1.165) is 6.04 Å². The largest absolute Gasteiger partial charge is 0.300 e. The van der Waals surface area contributed by atoms with Gasteiger partial charge in [-0.15, -0.1) is 0 Å². The molecule has 1 aromatic heterocycles. The quantitative estimate of drug-likeness (QED) is 0.783. The SMILES string of the molecule is CC(C)c1cnn(C2CCN3CCCC3C2)c1. The lowest BCUT2D eigenvalue weighted by atomic mass is 9.98. The molecular formula is C14H23N3. The Bertz CT molecular complexity index is 383. The van der Waals surface area contributed by atoms with Gasteiger partial charge in [-0.1, -0.05) is 13.8 Å². The summed E-state index contributed by atoms with van der Waals surface area (Å²) in [6.07, 6.45) is 9.68. The van der Waals surface area contributed by atoms with E-state index in [1.165, 1.54) is 44.3 Å². The molecule has 2 unspecified atom stereocenters. The van der Waals surface area contributed by atoms with Gasteiger partial charge in [0.2, 0.25) is 0 Å².